The Balaban J connectivity index is 2.29. The molecule has 2 heterocycles. The van der Waals surface area contributed by atoms with Gasteiger partial charge in [0, 0.05) is 24.4 Å². The van der Waals surface area contributed by atoms with Crippen molar-refractivity contribution in [1.82, 2.24) is 9.55 Å². The Labute approximate surface area is 88.9 Å². The van der Waals surface area contributed by atoms with E-state index < -0.39 is 5.97 Å². The Morgan fingerprint density at radius 2 is 2.53 bits per heavy atom. The fourth-order valence-corrected chi connectivity index (χ4v) is 2.32. The lowest BCUT2D eigenvalue weighted by atomic mass is 9.96. The number of hydrogen-bond acceptors (Lipinski definition) is 2. The van der Waals surface area contributed by atoms with E-state index >= 15 is 0 Å². The first-order valence-electron chi connectivity index (χ1n) is 5.48. The van der Waals surface area contributed by atoms with Crippen molar-refractivity contribution in [2.75, 3.05) is 0 Å². The van der Waals surface area contributed by atoms with Gasteiger partial charge in [-0.05, 0) is 19.3 Å². The molecule has 1 N–H and O–H groups in total. The largest absolute Gasteiger partial charge is 0.481 e. The maximum atomic E-state index is 10.7. The first kappa shape index (κ1) is 10.2. The highest BCUT2D eigenvalue weighted by Gasteiger charge is 2.22. The lowest BCUT2D eigenvalue weighted by Crippen LogP contribution is -2.18. The van der Waals surface area contributed by atoms with Crippen molar-refractivity contribution in [3.05, 3.63) is 17.7 Å². The number of fused-ring (bicyclic) bond motifs is 1. The third-order valence-electron chi connectivity index (χ3n) is 3.09. The highest BCUT2D eigenvalue weighted by atomic mass is 16.4. The number of carbonyl (C=O) groups is 1. The van der Waals surface area contributed by atoms with Gasteiger partial charge in [0.25, 0.3) is 0 Å². The maximum Gasteiger partial charge on any atom is 0.309 e. The van der Waals surface area contributed by atoms with E-state index in [-0.39, 0.29) is 6.42 Å². The van der Waals surface area contributed by atoms with Gasteiger partial charge in [0.1, 0.15) is 5.82 Å². The molecule has 1 aromatic rings. The minimum atomic E-state index is -0.781. The summed E-state index contributed by atoms with van der Waals surface area (Å²) in [7, 11) is 0. The van der Waals surface area contributed by atoms with E-state index in [1.165, 1.54) is 6.42 Å². The molecule has 1 aromatic heterocycles. The third kappa shape index (κ3) is 1.89. The minimum absolute atomic E-state index is 0.0867. The number of aliphatic carboxylic acids is 1. The predicted octanol–water partition coefficient (Wildman–Crippen LogP) is 1.80. The molecule has 0 saturated heterocycles. The molecule has 0 bridgehead atoms. The summed E-state index contributed by atoms with van der Waals surface area (Å²) in [6.45, 7) is 3.08. The highest BCUT2D eigenvalue weighted by Crippen LogP contribution is 2.29. The third-order valence-corrected chi connectivity index (χ3v) is 3.09. The predicted molar refractivity (Wildman–Crippen MR) is 55.8 cm³/mol. The number of rotatable bonds is 3. The molecule has 0 radical (unpaired) electrons. The standard InChI is InChI=1S/C11H16N2O2/c1-2-8-4-3-5-13-9(6-10(14)15)7-12-11(8)13/h7-8H,2-6H2,1H3,(H,14,15). The van der Waals surface area contributed by atoms with Crippen LogP contribution >= 0.6 is 0 Å². The molecule has 15 heavy (non-hydrogen) atoms. The quantitative estimate of drug-likeness (QED) is 0.824. The molecule has 1 aliphatic rings. The molecule has 0 amide bonds. The van der Waals surface area contributed by atoms with E-state index in [2.05, 4.69) is 16.5 Å². The molecule has 0 fully saturated rings. The highest BCUT2D eigenvalue weighted by molar-refractivity contribution is 5.69. The van der Waals surface area contributed by atoms with Gasteiger partial charge in [-0.15, -0.1) is 0 Å². The molecular formula is C11H16N2O2. The zero-order chi connectivity index (χ0) is 10.8. The van der Waals surface area contributed by atoms with Crippen LogP contribution in [0.15, 0.2) is 6.20 Å². The maximum absolute atomic E-state index is 10.7. The lowest BCUT2D eigenvalue weighted by molar-refractivity contribution is -0.136. The van der Waals surface area contributed by atoms with Crippen LogP contribution in [0.4, 0.5) is 0 Å². The molecule has 1 aliphatic heterocycles. The van der Waals surface area contributed by atoms with Crippen LogP contribution in [0.25, 0.3) is 0 Å². The second-order valence-electron chi connectivity index (χ2n) is 4.08. The SMILES string of the molecule is CCC1CCCn2c(CC(=O)O)cnc21. The van der Waals surface area contributed by atoms with Crippen LogP contribution in [0.5, 0.6) is 0 Å². The van der Waals surface area contributed by atoms with Crippen molar-refractivity contribution in [3.8, 4) is 0 Å². The van der Waals surface area contributed by atoms with Gasteiger partial charge in [0.05, 0.1) is 6.42 Å². The number of aromatic nitrogens is 2. The van der Waals surface area contributed by atoms with E-state index in [9.17, 15) is 4.79 Å². The first-order valence-corrected chi connectivity index (χ1v) is 5.48. The molecule has 1 unspecified atom stereocenters. The molecule has 0 aromatic carbocycles. The van der Waals surface area contributed by atoms with Gasteiger partial charge in [0.15, 0.2) is 0 Å². The molecule has 1 atom stereocenters. The lowest BCUT2D eigenvalue weighted by Gasteiger charge is -2.23. The van der Waals surface area contributed by atoms with E-state index in [1.807, 2.05) is 0 Å². The minimum Gasteiger partial charge on any atom is -0.481 e. The van der Waals surface area contributed by atoms with E-state index in [4.69, 9.17) is 5.11 Å². The smallest absolute Gasteiger partial charge is 0.309 e. The van der Waals surface area contributed by atoms with E-state index in [1.54, 1.807) is 6.20 Å². The summed E-state index contributed by atoms with van der Waals surface area (Å²) in [5.74, 6) is 0.817. The van der Waals surface area contributed by atoms with Crippen LogP contribution in [0, 0.1) is 0 Å². The van der Waals surface area contributed by atoms with Gasteiger partial charge in [-0.3, -0.25) is 4.79 Å². The zero-order valence-electron chi connectivity index (χ0n) is 8.94. The van der Waals surface area contributed by atoms with E-state index in [0.29, 0.717) is 5.92 Å². The summed E-state index contributed by atoms with van der Waals surface area (Å²) >= 11 is 0. The van der Waals surface area contributed by atoms with Crippen LogP contribution < -0.4 is 0 Å². The van der Waals surface area contributed by atoms with Crippen molar-refractivity contribution in [1.29, 1.82) is 0 Å². The van der Waals surface area contributed by atoms with Gasteiger partial charge < -0.3 is 9.67 Å². The normalized spacial score (nSPS) is 19.9. The second kappa shape index (κ2) is 4.04. The monoisotopic (exact) mass is 208 g/mol. The van der Waals surface area contributed by atoms with Crippen molar-refractivity contribution in [2.45, 2.75) is 45.1 Å². The Hall–Kier alpha value is -1.32. The zero-order valence-corrected chi connectivity index (χ0v) is 8.94. The Kier molecular flexibility index (Phi) is 2.75. The second-order valence-corrected chi connectivity index (χ2v) is 4.08. The number of hydrogen-bond donors (Lipinski definition) is 1. The molecule has 2 rings (SSSR count). The first-order chi connectivity index (χ1) is 7.22. The van der Waals surface area contributed by atoms with Crippen molar-refractivity contribution in [2.24, 2.45) is 0 Å². The summed E-state index contributed by atoms with van der Waals surface area (Å²) in [5.41, 5.74) is 0.843. The molecule has 4 heteroatoms. The van der Waals surface area contributed by atoms with Crippen molar-refractivity contribution >= 4 is 5.97 Å². The van der Waals surface area contributed by atoms with Crippen LogP contribution in [0.3, 0.4) is 0 Å². The Morgan fingerprint density at radius 1 is 1.73 bits per heavy atom. The van der Waals surface area contributed by atoms with Gasteiger partial charge in [-0.2, -0.15) is 0 Å². The van der Waals surface area contributed by atoms with Gasteiger partial charge in [0.2, 0.25) is 0 Å². The molecule has 0 saturated carbocycles. The number of imidazole rings is 1. The molecule has 4 nitrogen and oxygen atoms in total. The summed E-state index contributed by atoms with van der Waals surface area (Å²) in [6, 6.07) is 0. The molecule has 0 aliphatic carbocycles. The molecule has 82 valence electrons. The van der Waals surface area contributed by atoms with Crippen molar-refractivity contribution < 1.29 is 9.90 Å². The number of carboxylic acid groups (broad SMARTS) is 1. The van der Waals surface area contributed by atoms with Crippen molar-refractivity contribution in [3.63, 3.8) is 0 Å². The van der Waals surface area contributed by atoms with Gasteiger partial charge >= 0.3 is 5.97 Å². The Bertz CT molecular complexity index is 371. The van der Waals surface area contributed by atoms with Gasteiger partial charge in [-0.25, -0.2) is 4.98 Å². The van der Waals surface area contributed by atoms with Crippen LogP contribution in [-0.4, -0.2) is 20.6 Å². The fraction of sp³-hybridized carbons (Fsp3) is 0.636. The van der Waals surface area contributed by atoms with Crippen LogP contribution in [0.1, 0.15) is 43.6 Å². The van der Waals surface area contributed by atoms with Gasteiger partial charge in [-0.1, -0.05) is 6.92 Å². The summed E-state index contributed by atoms with van der Waals surface area (Å²) < 4.78 is 2.09. The number of nitrogens with zero attached hydrogens (tertiary/aromatic N) is 2. The van der Waals surface area contributed by atoms with Crippen LogP contribution in [-0.2, 0) is 17.8 Å². The summed E-state index contributed by atoms with van der Waals surface area (Å²) in [4.78, 5) is 15.0. The Morgan fingerprint density at radius 3 is 3.20 bits per heavy atom. The average Bonchev–Trinajstić information content (AvgIpc) is 2.61. The summed E-state index contributed by atoms with van der Waals surface area (Å²) in [5, 5.41) is 8.77. The fourth-order valence-electron chi connectivity index (χ4n) is 2.32. The van der Waals surface area contributed by atoms with E-state index in [0.717, 1.165) is 30.9 Å². The van der Waals surface area contributed by atoms with Crippen LogP contribution in [0.2, 0.25) is 0 Å². The molecule has 0 spiro atoms. The summed E-state index contributed by atoms with van der Waals surface area (Å²) in [6.07, 6.45) is 5.21. The topological polar surface area (TPSA) is 55.1 Å². The number of carboxylic acids is 1. The average molecular weight is 208 g/mol. The molecular weight excluding hydrogens is 192 g/mol.